The molecule has 0 aromatic heterocycles. The first-order valence-electron chi connectivity index (χ1n) is 8.76. The maximum Gasteiger partial charge on any atom is 0.223 e. The van der Waals surface area contributed by atoms with Crippen molar-refractivity contribution in [3.63, 3.8) is 0 Å². The average molecular weight is 368 g/mol. The second kappa shape index (κ2) is 9.20. The molecule has 0 N–H and O–H groups in total. The van der Waals surface area contributed by atoms with Crippen molar-refractivity contribution in [1.29, 1.82) is 0 Å². The molecule has 0 unspecified atom stereocenters. The van der Waals surface area contributed by atoms with Gasteiger partial charge in [0.1, 0.15) is 5.75 Å². The Morgan fingerprint density at radius 1 is 1.16 bits per heavy atom. The highest BCUT2D eigenvalue weighted by Crippen LogP contribution is 2.18. The Labute approximate surface area is 150 Å². The number of rotatable bonds is 8. The first-order valence-corrected chi connectivity index (χ1v) is 10.6. The lowest BCUT2D eigenvalue weighted by Gasteiger charge is -2.28. The summed E-state index contributed by atoms with van der Waals surface area (Å²) in [4.78, 5) is 14.1. The lowest BCUT2D eigenvalue weighted by Crippen LogP contribution is -2.39. The Kier molecular flexibility index (Phi) is 7.25. The highest BCUT2D eigenvalue weighted by atomic mass is 32.2. The predicted octanol–water partition coefficient (Wildman–Crippen LogP) is 1.90. The fourth-order valence-corrected chi connectivity index (χ4v) is 3.97. The van der Waals surface area contributed by atoms with E-state index in [1.54, 1.807) is 7.11 Å². The highest BCUT2D eigenvalue weighted by molar-refractivity contribution is 7.88. The number of likely N-dealkylation sites (tertiary alicyclic amines) is 1. The van der Waals surface area contributed by atoms with Gasteiger partial charge >= 0.3 is 0 Å². The van der Waals surface area contributed by atoms with Gasteiger partial charge in [0.05, 0.1) is 13.4 Å². The lowest BCUT2D eigenvalue weighted by atomic mass is 10.1. The molecule has 7 heteroatoms. The molecule has 140 valence electrons. The lowest BCUT2D eigenvalue weighted by molar-refractivity contribution is -0.132. The summed E-state index contributed by atoms with van der Waals surface area (Å²) in [5.41, 5.74) is 0.959. The van der Waals surface area contributed by atoms with Gasteiger partial charge in [0.25, 0.3) is 0 Å². The van der Waals surface area contributed by atoms with Crippen LogP contribution < -0.4 is 4.74 Å². The number of para-hydroxylation sites is 1. The van der Waals surface area contributed by atoms with E-state index in [1.807, 2.05) is 29.2 Å². The van der Waals surface area contributed by atoms with E-state index in [4.69, 9.17) is 4.74 Å². The Bertz CT molecular complexity index is 669. The minimum absolute atomic E-state index is 0.0469. The molecule has 2 rings (SSSR count). The number of amides is 1. The molecule has 1 aromatic carbocycles. The maximum absolute atomic E-state index is 12.3. The SMILES string of the molecule is COc1ccccc1CCN(CCC(=O)N1CCCCC1)S(C)(=O)=O. The molecule has 0 spiro atoms. The standard InChI is InChI=1S/C18H28N2O4S/c1-24-17-9-5-4-8-16(17)10-14-20(25(2,22)23)15-11-18(21)19-12-6-3-7-13-19/h4-5,8-9H,3,6-7,10-15H2,1-2H3. The molecular weight excluding hydrogens is 340 g/mol. The first kappa shape index (κ1) is 19.7. The zero-order valence-electron chi connectivity index (χ0n) is 15.1. The van der Waals surface area contributed by atoms with E-state index >= 15 is 0 Å². The van der Waals surface area contributed by atoms with Gasteiger partial charge in [-0.3, -0.25) is 4.79 Å². The molecule has 1 heterocycles. The molecule has 1 fully saturated rings. The number of nitrogens with zero attached hydrogens (tertiary/aromatic N) is 2. The van der Waals surface area contributed by atoms with E-state index in [0.29, 0.717) is 13.0 Å². The molecule has 1 aromatic rings. The van der Waals surface area contributed by atoms with Crippen LogP contribution in [0, 0.1) is 0 Å². The topological polar surface area (TPSA) is 66.9 Å². The van der Waals surface area contributed by atoms with Gasteiger partial charge in [-0.15, -0.1) is 0 Å². The van der Waals surface area contributed by atoms with Crippen molar-refractivity contribution in [2.45, 2.75) is 32.1 Å². The van der Waals surface area contributed by atoms with Gasteiger partial charge < -0.3 is 9.64 Å². The number of piperidine rings is 1. The van der Waals surface area contributed by atoms with Crippen molar-refractivity contribution in [2.24, 2.45) is 0 Å². The summed E-state index contributed by atoms with van der Waals surface area (Å²) in [5.74, 6) is 0.797. The van der Waals surface area contributed by atoms with E-state index in [-0.39, 0.29) is 18.9 Å². The first-order chi connectivity index (χ1) is 11.9. The van der Waals surface area contributed by atoms with Crippen LogP contribution in [0.4, 0.5) is 0 Å². The van der Waals surface area contributed by atoms with Crippen LogP contribution in [0.15, 0.2) is 24.3 Å². The molecule has 1 aliphatic rings. The van der Waals surface area contributed by atoms with Crippen LogP contribution in [0.1, 0.15) is 31.2 Å². The van der Waals surface area contributed by atoms with Crippen molar-refractivity contribution in [3.05, 3.63) is 29.8 Å². The summed E-state index contributed by atoms with van der Waals surface area (Å²) in [7, 11) is -1.76. The second-order valence-electron chi connectivity index (χ2n) is 6.42. The summed E-state index contributed by atoms with van der Waals surface area (Å²) >= 11 is 0. The van der Waals surface area contributed by atoms with E-state index < -0.39 is 10.0 Å². The van der Waals surface area contributed by atoms with Crippen LogP contribution in [0.25, 0.3) is 0 Å². The molecule has 0 radical (unpaired) electrons. The summed E-state index contributed by atoms with van der Waals surface area (Å²) in [5, 5.41) is 0. The van der Waals surface area contributed by atoms with Gasteiger partial charge in [-0.25, -0.2) is 12.7 Å². The van der Waals surface area contributed by atoms with E-state index in [9.17, 15) is 13.2 Å². The van der Waals surface area contributed by atoms with Crippen molar-refractivity contribution in [1.82, 2.24) is 9.21 Å². The summed E-state index contributed by atoms with van der Waals surface area (Å²) in [6, 6.07) is 7.58. The molecule has 1 amide bonds. The third kappa shape index (κ3) is 6.01. The minimum Gasteiger partial charge on any atom is -0.496 e. The van der Waals surface area contributed by atoms with Crippen LogP contribution in [0.3, 0.4) is 0 Å². The smallest absolute Gasteiger partial charge is 0.223 e. The zero-order chi connectivity index (χ0) is 18.3. The van der Waals surface area contributed by atoms with Crippen molar-refractivity contribution >= 4 is 15.9 Å². The Morgan fingerprint density at radius 2 is 1.84 bits per heavy atom. The molecule has 25 heavy (non-hydrogen) atoms. The molecule has 0 atom stereocenters. The van der Waals surface area contributed by atoms with Crippen molar-refractivity contribution < 1.29 is 17.9 Å². The number of carbonyl (C=O) groups is 1. The van der Waals surface area contributed by atoms with Crippen LogP contribution in [-0.2, 0) is 21.2 Å². The molecule has 0 aliphatic carbocycles. The number of benzene rings is 1. The van der Waals surface area contributed by atoms with Crippen molar-refractivity contribution in [2.75, 3.05) is 39.5 Å². The zero-order valence-corrected chi connectivity index (χ0v) is 15.9. The fraction of sp³-hybridized carbons (Fsp3) is 0.611. The fourth-order valence-electron chi connectivity index (χ4n) is 3.12. The van der Waals surface area contributed by atoms with Gasteiger partial charge in [0, 0.05) is 32.6 Å². The van der Waals surface area contributed by atoms with E-state index in [1.165, 1.54) is 10.6 Å². The van der Waals surface area contributed by atoms with E-state index in [2.05, 4.69) is 0 Å². The number of sulfonamides is 1. The summed E-state index contributed by atoms with van der Waals surface area (Å²) < 4.78 is 30.8. The molecule has 0 saturated carbocycles. The van der Waals surface area contributed by atoms with Crippen molar-refractivity contribution in [3.8, 4) is 5.75 Å². The number of hydrogen-bond acceptors (Lipinski definition) is 4. The number of hydrogen-bond donors (Lipinski definition) is 0. The largest absolute Gasteiger partial charge is 0.496 e. The van der Waals surface area contributed by atoms with Gasteiger partial charge in [-0.2, -0.15) is 0 Å². The number of methoxy groups -OCH3 is 1. The molecule has 6 nitrogen and oxygen atoms in total. The normalized spacial score (nSPS) is 15.4. The van der Waals surface area contributed by atoms with Gasteiger partial charge in [0.2, 0.25) is 15.9 Å². The quantitative estimate of drug-likeness (QED) is 0.703. The molecular formula is C18H28N2O4S. The minimum atomic E-state index is -3.36. The molecule has 1 saturated heterocycles. The van der Waals surface area contributed by atoms with Crippen LogP contribution >= 0.6 is 0 Å². The third-order valence-electron chi connectivity index (χ3n) is 4.58. The van der Waals surface area contributed by atoms with Crippen LogP contribution in [0.2, 0.25) is 0 Å². The average Bonchev–Trinajstić information content (AvgIpc) is 2.61. The summed E-state index contributed by atoms with van der Waals surface area (Å²) in [6.45, 7) is 2.15. The van der Waals surface area contributed by atoms with Gasteiger partial charge in [-0.1, -0.05) is 18.2 Å². The second-order valence-corrected chi connectivity index (χ2v) is 8.40. The Balaban J connectivity index is 1.93. The maximum atomic E-state index is 12.3. The van der Waals surface area contributed by atoms with Gasteiger partial charge in [0.15, 0.2) is 0 Å². The van der Waals surface area contributed by atoms with Crippen LogP contribution in [-0.4, -0.2) is 63.1 Å². The third-order valence-corrected chi connectivity index (χ3v) is 5.88. The highest BCUT2D eigenvalue weighted by Gasteiger charge is 2.21. The predicted molar refractivity (Wildman–Crippen MR) is 98.2 cm³/mol. The number of carbonyl (C=O) groups excluding carboxylic acids is 1. The molecule has 0 bridgehead atoms. The summed E-state index contributed by atoms with van der Waals surface area (Å²) in [6.07, 6.45) is 5.22. The molecule has 1 aliphatic heterocycles. The van der Waals surface area contributed by atoms with Gasteiger partial charge in [-0.05, 0) is 37.3 Å². The monoisotopic (exact) mass is 368 g/mol. The van der Waals surface area contributed by atoms with E-state index in [0.717, 1.165) is 43.7 Å². The Morgan fingerprint density at radius 3 is 2.48 bits per heavy atom. The number of ether oxygens (including phenoxy) is 1. The Hall–Kier alpha value is -1.60. The van der Waals surface area contributed by atoms with Crippen LogP contribution in [0.5, 0.6) is 5.75 Å².